The van der Waals surface area contributed by atoms with Gasteiger partial charge in [0, 0.05) is 22.3 Å². The van der Waals surface area contributed by atoms with E-state index in [1.54, 1.807) is 6.20 Å². The summed E-state index contributed by atoms with van der Waals surface area (Å²) in [5.74, 6) is 0. The number of benzene rings is 1. The largest absolute Gasteiger partial charge is 0.324 e. The van der Waals surface area contributed by atoms with Crippen molar-refractivity contribution in [2.45, 2.75) is 19.9 Å². The zero-order valence-electron chi connectivity index (χ0n) is 9.31. The molecule has 16 heavy (non-hydrogen) atoms. The van der Waals surface area contributed by atoms with Gasteiger partial charge in [0.25, 0.3) is 0 Å². The number of nitrogens with two attached hydrogens (primary N) is 1. The summed E-state index contributed by atoms with van der Waals surface area (Å²) in [4.78, 5) is 0. The van der Waals surface area contributed by atoms with Crippen LogP contribution in [0, 0.1) is 6.92 Å². The first-order valence-corrected chi connectivity index (χ1v) is 5.53. The molecule has 4 heteroatoms. The highest BCUT2D eigenvalue weighted by molar-refractivity contribution is 6.30. The Morgan fingerprint density at radius 3 is 2.75 bits per heavy atom. The summed E-state index contributed by atoms with van der Waals surface area (Å²) in [6.45, 7) is 3.96. The molecule has 0 fully saturated rings. The fourth-order valence-corrected chi connectivity index (χ4v) is 1.92. The summed E-state index contributed by atoms with van der Waals surface area (Å²) in [5.41, 5.74) is 8.92. The van der Waals surface area contributed by atoms with Gasteiger partial charge in [-0.25, -0.2) is 4.68 Å². The highest BCUT2D eigenvalue weighted by Crippen LogP contribution is 2.20. The maximum absolute atomic E-state index is 5.95. The van der Waals surface area contributed by atoms with Gasteiger partial charge >= 0.3 is 0 Å². The Kier molecular flexibility index (Phi) is 2.99. The van der Waals surface area contributed by atoms with Gasteiger partial charge in [0.15, 0.2) is 0 Å². The maximum atomic E-state index is 5.95. The van der Waals surface area contributed by atoms with E-state index in [2.05, 4.69) is 5.10 Å². The van der Waals surface area contributed by atoms with Gasteiger partial charge in [0.1, 0.15) is 0 Å². The lowest BCUT2D eigenvalue weighted by molar-refractivity contribution is 0.797. The lowest BCUT2D eigenvalue weighted by Crippen LogP contribution is -2.07. The van der Waals surface area contributed by atoms with E-state index in [0.717, 1.165) is 16.9 Å². The molecule has 0 saturated carbocycles. The topological polar surface area (TPSA) is 43.8 Å². The fourth-order valence-electron chi connectivity index (χ4n) is 1.74. The Bertz CT molecular complexity index is 503. The van der Waals surface area contributed by atoms with Crippen LogP contribution in [-0.4, -0.2) is 9.78 Å². The van der Waals surface area contributed by atoms with Crippen molar-refractivity contribution in [3.63, 3.8) is 0 Å². The molecule has 1 heterocycles. The molecule has 2 aromatic rings. The van der Waals surface area contributed by atoms with Crippen LogP contribution in [0.25, 0.3) is 5.69 Å². The SMILES string of the molecule is Cc1c(C(C)N)cnn1-c1cccc(Cl)c1. The van der Waals surface area contributed by atoms with Crippen LogP contribution in [0.5, 0.6) is 0 Å². The van der Waals surface area contributed by atoms with Gasteiger partial charge in [-0.3, -0.25) is 0 Å². The van der Waals surface area contributed by atoms with E-state index in [1.807, 2.05) is 42.8 Å². The normalized spacial score (nSPS) is 12.8. The van der Waals surface area contributed by atoms with E-state index in [1.165, 1.54) is 0 Å². The maximum Gasteiger partial charge on any atom is 0.0663 e. The van der Waals surface area contributed by atoms with E-state index < -0.39 is 0 Å². The number of hydrogen-bond donors (Lipinski definition) is 1. The highest BCUT2D eigenvalue weighted by Gasteiger charge is 2.10. The van der Waals surface area contributed by atoms with Gasteiger partial charge in [0.2, 0.25) is 0 Å². The van der Waals surface area contributed by atoms with Gasteiger partial charge in [-0.05, 0) is 32.0 Å². The van der Waals surface area contributed by atoms with Gasteiger partial charge in [-0.1, -0.05) is 17.7 Å². The molecular formula is C12H14ClN3. The Hall–Kier alpha value is -1.32. The summed E-state index contributed by atoms with van der Waals surface area (Å²) in [7, 11) is 0. The molecule has 2 N–H and O–H groups in total. The van der Waals surface area contributed by atoms with E-state index in [4.69, 9.17) is 17.3 Å². The minimum atomic E-state index is -0.00654. The van der Waals surface area contributed by atoms with Crippen molar-refractivity contribution in [3.8, 4) is 5.69 Å². The first kappa shape index (κ1) is 11.2. The predicted octanol–water partition coefficient (Wildman–Crippen LogP) is 2.85. The third kappa shape index (κ3) is 1.96. The Balaban J connectivity index is 2.49. The van der Waals surface area contributed by atoms with Gasteiger partial charge in [0.05, 0.1) is 11.9 Å². The van der Waals surface area contributed by atoms with Crippen LogP contribution in [0.15, 0.2) is 30.5 Å². The highest BCUT2D eigenvalue weighted by atomic mass is 35.5. The fraction of sp³-hybridized carbons (Fsp3) is 0.250. The second kappa shape index (κ2) is 4.28. The summed E-state index contributed by atoms with van der Waals surface area (Å²) in [6, 6.07) is 7.59. The van der Waals surface area contributed by atoms with Crippen molar-refractivity contribution in [2.75, 3.05) is 0 Å². The third-order valence-corrected chi connectivity index (χ3v) is 2.83. The van der Waals surface area contributed by atoms with Crippen molar-refractivity contribution in [1.29, 1.82) is 0 Å². The van der Waals surface area contributed by atoms with E-state index in [0.29, 0.717) is 5.02 Å². The summed E-state index contributed by atoms with van der Waals surface area (Å²) in [6.07, 6.45) is 1.81. The first-order valence-electron chi connectivity index (χ1n) is 5.15. The molecule has 0 radical (unpaired) electrons. The number of rotatable bonds is 2. The monoisotopic (exact) mass is 235 g/mol. The molecule has 0 bridgehead atoms. The van der Waals surface area contributed by atoms with Crippen LogP contribution in [0.2, 0.25) is 5.02 Å². The number of halogens is 1. The smallest absolute Gasteiger partial charge is 0.0663 e. The molecule has 1 aromatic heterocycles. The summed E-state index contributed by atoms with van der Waals surface area (Å²) >= 11 is 5.95. The van der Waals surface area contributed by atoms with Gasteiger partial charge < -0.3 is 5.73 Å². The van der Waals surface area contributed by atoms with Gasteiger partial charge in [-0.2, -0.15) is 5.10 Å². The molecule has 0 aliphatic rings. The summed E-state index contributed by atoms with van der Waals surface area (Å²) < 4.78 is 1.85. The van der Waals surface area contributed by atoms with Crippen LogP contribution in [0.4, 0.5) is 0 Å². The molecule has 2 rings (SSSR count). The molecule has 0 saturated heterocycles. The zero-order chi connectivity index (χ0) is 11.7. The Labute approximate surface area is 99.8 Å². The minimum Gasteiger partial charge on any atom is -0.324 e. The average molecular weight is 236 g/mol. The minimum absolute atomic E-state index is 0.00654. The second-order valence-corrected chi connectivity index (χ2v) is 4.30. The van der Waals surface area contributed by atoms with E-state index in [-0.39, 0.29) is 6.04 Å². The molecular weight excluding hydrogens is 222 g/mol. The molecule has 3 nitrogen and oxygen atoms in total. The van der Waals surface area contributed by atoms with Crippen molar-refractivity contribution in [1.82, 2.24) is 9.78 Å². The molecule has 0 spiro atoms. The second-order valence-electron chi connectivity index (χ2n) is 3.87. The van der Waals surface area contributed by atoms with Crippen molar-refractivity contribution in [3.05, 3.63) is 46.7 Å². The van der Waals surface area contributed by atoms with Crippen LogP contribution in [0.3, 0.4) is 0 Å². The van der Waals surface area contributed by atoms with Crippen molar-refractivity contribution < 1.29 is 0 Å². The lowest BCUT2D eigenvalue weighted by atomic mass is 10.1. The molecule has 1 unspecified atom stereocenters. The average Bonchev–Trinajstić information content (AvgIpc) is 2.60. The standard InChI is InChI=1S/C12H14ClN3/c1-8(14)12-7-15-16(9(12)2)11-5-3-4-10(13)6-11/h3-8H,14H2,1-2H3. The third-order valence-electron chi connectivity index (χ3n) is 2.59. The number of nitrogens with zero attached hydrogens (tertiary/aromatic N) is 2. The molecule has 1 aromatic carbocycles. The molecule has 0 amide bonds. The van der Waals surface area contributed by atoms with Crippen LogP contribution >= 0.6 is 11.6 Å². The quantitative estimate of drug-likeness (QED) is 0.870. The Morgan fingerprint density at radius 1 is 1.44 bits per heavy atom. The van der Waals surface area contributed by atoms with Crippen molar-refractivity contribution >= 4 is 11.6 Å². The van der Waals surface area contributed by atoms with E-state index >= 15 is 0 Å². The van der Waals surface area contributed by atoms with Crippen LogP contribution in [0.1, 0.15) is 24.2 Å². The zero-order valence-corrected chi connectivity index (χ0v) is 10.1. The van der Waals surface area contributed by atoms with Crippen LogP contribution in [-0.2, 0) is 0 Å². The molecule has 0 aliphatic heterocycles. The van der Waals surface area contributed by atoms with E-state index in [9.17, 15) is 0 Å². The Morgan fingerprint density at radius 2 is 2.19 bits per heavy atom. The summed E-state index contributed by atoms with van der Waals surface area (Å²) in [5, 5.41) is 5.03. The lowest BCUT2D eigenvalue weighted by Gasteiger charge is -2.07. The predicted molar refractivity (Wildman–Crippen MR) is 65.9 cm³/mol. The molecule has 1 atom stereocenters. The number of hydrogen-bond acceptors (Lipinski definition) is 2. The first-order chi connectivity index (χ1) is 7.59. The molecule has 84 valence electrons. The molecule has 0 aliphatic carbocycles. The van der Waals surface area contributed by atoms with Crippen molar-refractivity contribution in [2.24, 2.45) is 5.73 Å². The van der Waals surface area contributed by atoms with Crippen LogP contribution < -0.4 is 5.73 Å². The number of aromatic nitrogens is 2. The van der Waals surface area contributed by atoms with Gasteiger partial charge in [-0.15, -0.1) is 0 Å².